The van der Waals surface area contributed by atoms with Gasteiger partial charge in [-0.1, -0.05) is 6.07 Å². The first-order valence-electron chi connectivity index (χ1n) is 5.65. The fourth-order valence-electron chi connectivity index (χ4n) is 2.81. The quantitative estimate of drug-likeness (QED) is 0.748. The van der Waals surface area contributed by atoms with Crippen molar-refractivity contribution in [1.29, 1.82) is 5.26 Å². The molecule has 2 amide bonds. The Morgan fingerprint density at radius 2 is 2.11 bits per heavy atom. The zero-order valence-electron chi connectivity index (χ0n) is 9.66. The molecule has 6 heteroatoms. The third-order valence-electron chi connectivity index (χ3n) is 3.68. The van der Waals surface area contributed by atoms with Gasteiger partial charge in [-0.3, -0.25) is 19.8 Å². The Labute approximate surface area is 108 Å². The van der Waals surface area contributed by atoms with Crippen molar-refractivity contribution in [3.63, 3.8) is 0 Å². The van der Waals surface area contributed by atoms with Crippen LogP contribution in [0.1, 0.15) is 10.9 Å². The number of hydrogen-bond donors (Lipinski definition) is 1. The SMILES string of the molecule is CN1C(=O)[C@@H]2[C@H](C1=O)[C@H](c1cccs1)N[C@@H]2C#N. The zero-order chi connectivity index (χ0) is 12.9. The molecule has 1 aromatic rings. The number of hydrogen-bond acceptors (Lipinski definition) is 5. The summed E-state index contributed by atoms with van der Waals surface area (Å²) in [5.41, 5.74) is 0. The van der Waals surface area contributed by atoms with Gasteiger partial charge in [0.2, 0.25) is 11.8 Å². The van der Waals surface area contributed by atoms with Crippen LogP contribution in [0.15, 0.2) is 17.5 Å². The highest BCUT2D eigenvalue weighted by Crippen LogP contribution is 2.44. The lowest BCUT2D eigenvalue weighted by molar-refractivity contribution is -0.138. The molecule has 18 heavy (non-hydrogen) atoms. The largest absolute Gasteiger partial charge is 0.293 e. The summed E-state index contributed by atoms with van der Waals surface area (Å²) in [4.78, 5) is 26.3. The number of nitrogens with one attached hydrogen (secondary N) is 1. The Bertz CT molecular complexity index is 548. The molecule has 5 nitrogen and oxygen atoms in total. The Balaban J connectivity index is 2.03. The molecule has 2 saturated heterocycles. The van der Waals surface area contributed by atoms with Crippen LogP contribution < -0.4 is 5.32 Å². The molecule has 2 aliphatic heterocycles. The summed E-state index contributed by atoms with van der Waals surface area (Å²) >= 11 is 1.53. The highest BCUT2D eigenvalue weighted by molar-refractivity contribution is 7.10. The molecular formula is C12H11N3O2S. The van der Waals surface area contributed by atoms with E-state index < -0.39 is 17.9 Å². The van der Waals surface area contributed by atoms with Crippen LogP contribution in [0, 0.1) is 23.2 Å². The van der Waals surface area contributed by atoms with Gasteiger partial charge in [-0.2, -0.15) is 5.26 Å². The predicted octanol–water partition coefficient (Wildman–Crippen LogP) is 0.516. The van der Waals surface area contributed by atoms with E-state index in [9.17, 15) is 9.59 Å². The molecule has 0 unspecified atom stereocenters. The van der Waals surface area contributed by atoms with E-state index in [-0.39, 0.29) is 17.9 Å². The molecule has 4 atom stereocenters. The number of fused-ring (bicyclic) bond motifs is 1. The maximum absolute atomic E-state index is 12.1. The van der Waals surface area contributed by atoms with Gasteiger partial charge >= 0.3 is 0 Å². The van der Waals surface area contributed by atoms with E-state index in [2.05, 4.69) is 11.4 Å². The van der Waals surface area contributed by atoms with E-state index in [4.69, 9.17) is 5.26 Å². The van der Waals surface area contributed by atoms with Crippen LogP contribution in [0.2, 0.25) is 0 Å². The topological polar surface area (TPSA) is 73.2 Å². The summed E-state index contributed by atoms with van der Waals surface area (Å²) in [6.45, 7) is 0. The Kier molecular flexibility index (Phi) is 2.47. The lowest BCUT2D eigenvalue weighted by Crippen LogP contribution is -2.36. The molecule has 0 spiro atoms. The normalized spacial score (nSPS) is 34.8. The minimum absolute atomic E-state index is 0.186. The second-order valence-corrected chi connectivity index (χ2v) is 5.53. The van der Waals surface area contributed by atoms with E-state index >= 15 is 0 Å². The van der Waals surface area contributed by atoms with Gasteiger partial charge in [-0.05, 0) is 11.4 Å². The van der Waals surface area contributed by atoms with Gasteiger partial charge < -0.3 is 0 Å². The molecule has 0 bridgehead atoms. The molecule has 92 valence electrons. The van der Waals surface area contributed by atoms with Crippen molar-refractivity contribution in [3.05, 3.63) is 22.4 Å². The number of thiophene rings is 1. The van der Waals surface area contributed by atoms with Crippen molar-refractivity contribution in [1.82, 2.24) is 10.2 Å². The minimum atomic E-state index is -0.580. The van der Waals surface area contributed by atoms with Crippen LogP contribution >= 0.6 is 11.3 Å². The van der Waals surface area contributed by atoms with Crippen molar-refractivity contribution in [2.75, 3.05) is 7.05 Å². The summed E-state index contributed by atoms with van der Waals surface area (Å²) in [5, 5.41) is 14.2. The van der Waals surface area contributed by atoms with E-state index in [1.54, 1.807) is 0 Å². The summed E-state index contributed by atoms with van der Waals surface area (Å²) in [6.07, 6.45) is 0. The van der Waals surface area contributed by atoms with Gasteiger partial charge in [-0.25, -0.2) is 0 Å². The Hall–Kier alpha value is -1.71. The van der Waals surface area contributed by atoms with Gasteiger partial charge in [0.15, 0.2) is 0 Å². The summed E-state index contributed by atoms with van der Waals surface area (Å²) in [6, 6.07) is 5.12. The van der Waals surface area contributed by atoms with Crippen molar-refractivity contribution in [2.45, 2.75) is 12.1 Å². The first-order valence-corrected chi connectivity index (χ1v) is 6.53. The lowest BCUT2D eigenvalue weighted by Gasteiger charge is -2.16. The summed E-state index contributed by atoms with van der Waals surface area (Å²) in [5.74, 6) is -1.41. The second kappa shape index (κ2) is 3.90. The maximum atomic E-state index is 12.1. The fourth-order valence-corrected chi connectivity index (χ4v) is 3.64. The fraction of sp³-hybridized carbons (Fsp3) is 0.417. The molecule has 3 rings (SSSR count). The molecule has 1 N–H and O–H groups in total. The highest BCUT2D eigenvalue weighted by Gasteiger charge is 2.58. The van der Waals surface area contributed by atoms with Gasteiger partial charge in [0, 0.05) is 11.9 Å². The minimum Gasteiger partial charge on any atom is -0.293 e. The highest BCUT2D eigenvalue weighted by atomic mass is 32.1. The summed E-state index contributed by atoms with van der Waals surface area (Å²) < 4.78 is 0. The van der Waals surface area contributed by atoms with E-state index in [1.807, 2.05) is 17.5 Å². The van der Waals surface area contributed by atoms with Crippen molar-refractivity contribution >= 4 is 23.2 Å². The standard InChI is InChI=1S/C12H11N3O2S/c1-15-11(16)8-6(5-13)14-10(9(8)12(15)17)7-3-2-4-18-7/h2-4,6,8-10,14H,1H3/t6-,8+,9+,10+/m1/s1. The molecule has 3 heterocycles. The van der Waals surface area contributed by atoms with Crippen LogP contribution in [0.5, 0.6) is 0 Å². The number of amides is 2. The predicted molar refractivity (Wildman–Crippen MR) is 64.4 cm³/mol. The third-order valence-corrected chi connectivity index (χ3v) is 4.64. The van der Waals surface area contributed by atoms with Crippen LogP contribution in [-0.2, 0) is 9.59 Å². The number of rotatable bonds is 1. The zero-order valence-corrected chi connectivity index (χ0v) is 10.5. The number of carbonyl (C=O) groups excluding carboxylic acids is 2. The third kappa shape index (κ3) is 1.35. The van der Waals surface area contributed by atoms with E-state index in [1.165, 1.54) is 18.4 Å². The number of nitriles is 1. The van der Waals surface area contributed by atoms with Crippen LogP contribution in [0.25, 0.3) is 0 Å². The molecule has 0 radical (unpaired) electrons. The number of nitrogens with zero attached hydrogens (tertiary/aromatic N) is 2. The lowest BCUT2D eigenvalue weighted by atomic mass is 9.89. The molecule has 2 fully saturated rings. The van der Waals surface area contributed by atoms with Gasteiger partial charge in [0.1, 0.15) is 6.04 Å². The van der Waals surface area contributed by atoms with Crippen LogP contribution in [-0.4, -0.2) is 29.8 Å². The molecule has 0 saturated carbocycles. The van der Waals surface area contributed by atoms with Crippen molar-refractivity contribution in [2.24, 2.45) is 11.8 Å². The molecule has 0 aromatic carbocycles. The number of imide groups is 1. The summed E-state index contributed by atoms with van der Waals surface area (Å²) in [7, 11) is 1.49. The molecule has 2 aliphatic rings. The monoisotopic (exact) mass is 261 g/mol. The van der Waals surface area contributed by atoms with Crippen molar-refractivity contribution < 1.29 is 9.59 Å². The number of likely N-dealkylation sites (tertiary alicyclic amines) is 1. The second-order valence-electron chi connectivity index (χ2n) is 4.55. The first-order chi connectivity index (χ1) is 8.65. The molecular weight excluding hydrogens is 250 g/mol. The van der Waals surface area contributed by atoms with Crippen LogP contribution in [0.4, 0.5) is 0 Å². The average molecular weight is 261 g/mol. The smallest absolute Gasteiger partial charge is 0.235 e. The molecule has 1 aromatic heterocycles. The maximum Gasteiger partial charge on any atom is 0.235 e. The Morgan fingerprint density at radius 3 is 2.72 bits per heavy atom. The van der Waals surface area contributed by atoms with Crippen molar-refractivity contribution in [3.8, 4) is 6.07 Å². The van der Waals surface area contributed by atoms with Gasteiger partial charge in [0.25, 0.3) is 0 Å². The average Bonchev–Trinajstić information content (AvgIpc) is 3.05. The Morgan fingerprint density at radius 1 is 1.39 bits per heavy atom. The van der Waals surface area contributed by atoms with Gasteiger partial charge in [0.05, 0.1) is 23.9 Å². The molecule has 0 aliphatic carbocycles. The van der Waals surface area contributed by atoms with E-state index in [0.717, 1.165) is 9.78 Å². The van der Waals surface area contributed by atoms with Crippen LogP contribution in [0.3, 0.4) is 0 Å². The van der Waals surface area contributed by atoms with E-state index in [0.29, 0.717) is 0 Å². The van der Waals surface area contributed by atoms with Gasteiger partial charge in [-0.15, -0.1) is 11.3 Å². The first kappa shape index (κ1) is 11.4. The number of carbonyl (C=O) groups is 2.